The fraction of sp³-hybridized carbons (Fsp3) is 0.167. The van der Waals surface area contributed by atoms with Crippen molar-refractivity contribution in [3.8, 4) is 0 Å². The van der Waals surface area contributed by atoms with Crippen LogP contribution < -0.4 is 5.73 Å². The zero-order valence-corrected chi connectivity index (χ0v) is 11.4. The van der Waals surface area contributed by atoms with Gasteiger partial charge in [0.1, 0.15) is 6.54 Å². The molecule has 0 aliphatic rings. The predicted octanol–water partition coefficient (Wildman–Crippen LogP) is 0.970. The van der Waals surface area contributed by atoms with Crippen LogP contribution in [0, 0.1) is 0 Å². The van der Waals surface area contributed by atoms with Crippen molar-refractivity contribution in [1.82, 2.24) is 30.0 Å². The van der Waals surface area contributed by atoms with E-state index in [2.05, 4.69) is 20.6 Å². The van der Waals surface area contributed by atoms with E-state index in [-0.39, 0.29) is 12.4 Å². The molecule has 1 aromatic carbocycles. The third kappa shape index (κ3) is 3.12. The van der Waals surface area contributed by atoms with Crippen LogP contribution in [-0.2, 0) is 13.1 Å². The SMILES string of the molecule is Cl.Nc1cnn(Cc2nnnn2Cc2ccccc2)c1. The molecule has 104 valence electrons. The summed E-state index contributed by atoms with van der Waals surface area (Å²) in [6, 6.07) is 10.0. The third-order valence-corrected chi connectivity index (χ3v) is 2.74. The zero-order chi connectivity index (χ0) is 13.1. The minimum Gasteiger partial charge on any atom is -0.396 e. The molecule has 2 heterocycles. The second-order valence-corrected chi connectivity index (χ2v) is 4.21. The van der Waals surface area contributed by atoms with Gasteiger partial charge in [-0.15, -0.1) is 17.5 Å². The molecule has 2 N–H and O–H groups in total. The van der Waals surface area contributed by atoms with E-state index >= 15 is 0 Å². The summed E-state index contributed by atoms with van der Waals surface area (Å²) in [6.45, 7) is 1.14. The maximum atomic E-state index is 5.63. The molecule has 0 spiro atoms. The Morgan fingerprint density at radius 1 is 1.10 bits per heavy atom. The highest BCUT2D eigenvalue weighted by atomic mass is 35.5. The molecule has 0 saturated carbocycles. The number of aromatic nitrogens is 6. The molecule has 0 saturated heterocycles. The molecular weight excluding hydrogens is 278 g/mol. The Bertz CT molecular complexity index is 661. The highest BCUT2D eigenvalue weighted by Crippen LogP contribution is 2.05. The van der Waals surface area contributed by atoms with Crippen molar-refractivity contribution in [2.24, 2.45) is 0 Å². The Kier molecular flexibility index (Phi) is 4.31. The van der Waals surface area contributed by atoms with Crippen LogP contribution in [0.3, 0.4) is 0 Å². The van der Waals surface area contributed by atoms with Crippen molar-refractivity contribution in [3.05, 3.63) is 54.1 Å². The molecule has 0 aliphatic carbocycles. The van der Waals surface area contributed by atoms with E-state index in [1.165, 1.54) is 0 Å². The number of anilines is 1. The first-order valence-corrected chi connectivity index (χ1v) is 5.88. The van der Waals surface area contributed by atoms with Crippen molar-refractivity contribution in [3.63, 3.8) is 0 Å². The molecule has 20 heavy (non-hydrogen) atoms. The number of nitrogen functional groups attached to an aromatic ring is 1. The molecule has 2 aromatic heterocycles. The van der Waals surface area contributed by atoms with E-state index < -0.39 is 0 Å². The molecule has 0 fully saturated rings. The number of nitrogens with zero attached hydrogens (tertiary/aromatic N) is 6. The Labute approximate surface area is 121 Å². The van der Waals surface area contributed by atoms with Crippen molar-refractivity contribution < 1.29 is 0 Å². The minimum absolute atomic E-state index is 0. The molecule has 8 heteroatoms. The van der Waals surface area contributed by atoms with Crippen LogP contribution in [0.5, 0.6) is 0 Å². The van der Waals surface area contributed by atoms with Crippen LogP contribution in [-0.4, -0.2) is 30.0 Å². The highest BCUT2D eigenvalue weighted by molar-refractivity contribution is 5.85. The maximum absolute atomic E-state index is 5.63. The van der Waals surface area contributed by atoms with Gasteiger partial charge in [0.15, 0.2) is 5.82 Å². The zero-order valence-electron chi connectivity index (χ0n) is 10.6. The summed E-state index contributed by atoms with van der Waals surface area (Å²) >= 11 is 0. The Morgan fingerprint density at radius 3 is 2.60 bits per heavy atom. The molecule has 0 bridgehead atoms. The van der Waals surface area contributed by atoms with Gasteiger partial charge in [0.25, 0.3) is 0 Å². The Morgan fingerprint density at radius 2 is 1.90 bits per heavy atom. The standard InChI is InChI=1S/C12H13N7.ClH/c13-11-6-14-18(8-11)9-12-15-16-17-19(12)7-10-4-2-1-3-5-10;/h1-6,8H,7,9,13H2;1H. The fourth-order valence-corrected chi connectivity index (χ4v) is 1.83. The Hall–Kier alpha value is -2.41. The topological polar surface area (TPSA) is 87.4 Å². The van der Waals surface area contributed by atoms with Crippen LogP contribution in [0.1, 0.15) is 11.4 Å². The summed E-state index contributed by atoms with van der Waals surface area (Å²) < 4.78 is 3.47. The first kappa shape index (κ1) is 14.0. The molecule has 3 rings (SSSR count). The first-order valence-electron chi connectivity index (χ1n) is 5.88. The molecule has 0 unspecified atom stereocenters. The quantitative estimate of drug-likeness (QED) is 0.774. The van der Waals surface area contributed by atoms with Gasteiger partial charge in [0.2, 0.25) is 0 Å². The summed E-state index contributed by atoms with van der Waals surface area (Å²) in [5.41, 5.74) is 7.40. The lowest BCUT2D eigenvalue weighted by Gasteiger charge is -2.04. The van der Waals surface area contributed by atoms with Gasteiger partial charge in [-0.25, -0.2) is 4.68 Å². The van der Waals surface area contributed by atoms with Gasteiger partial charge in [-0.05, 0) is 16.0 Å². The van der Waals surface area contributed by atoms with Crippen molar-refractivity contribution in [2.45, 2.75) is 13.1 Å². The molecule has 0 aliphatic heterocycles. The van der Waals surface area contributed by atoms with Gasteiger partial charge >= 0.3 is 0 Å². The third-order valence-electron chi connectivity index (χ3n) is 2.74. The van der Waals surface area contributed by atoms with E-state index in [1.54, 1.807) is 21.8 Å². The fourth-order valence-electron chi connectivity index (χ4n) is 1.83. The van der Waals surface area contributed by atoms with Crippen molar-refractivity contribution >= 4 is 18.1 Å². The maximum Gasteiger partial charge on any atom is 0.173 e. The van der Waals surface area contributed by atoms with Gasteiger partial charge in [-0.1, -0.05) is 30.3 Å². The summed E-state index contributed by atoms with van der Waals surface area (Å²) in [7, 11) is 0. The largest absolute Gasteiger partial charge is 0.396 e. The van der Waals surface area contributed by atoms with Crippen molar-refractivity contribution in [2.75, 3.05) is 5.73 Å². The smallest absolute Gasteiger partial charge is 0.173 e. The number of tetrazole rings is 1. The number of benzene rings is 1. The van der Waals surface area contributed by atoms with Gasteiger partial charge in [-0.3, -0.25) is 4.68 Å². The number of hydrogen-bond acceptors (Lipinski definition) is 5. The van der Waals surface area contributed by atoms with E-state index in [0.29, 0.717) is 18.8 Å². The number of hydrogen-bond donors (Lipinski definition) is 1. The summed E-state index contributed by atoms with van der Waals surface area (Å²) in [6.07, 6.45) is 3.35. The normalized spacial score (nSPS) is 10.2. The van der Waals surface area contributed by atoms with Crippen LogP contribution in [0.15, 0.2) is 42.7 Å². The van der Waals surface area contributed by atoms with Gasteiger partial charge in [0.05, 0.1) is 18.4 Å². The molecule has 3 aromatic rings. The average Bonchev–Trinajstić information content (AvgIpc) is 3.01. The van der Waals surface area contributed by atoms with E-state index in [4.69, 9.17) is 5.73 Å². The summed E-state index contributed by atoms with van der Waals surface area (Å²) in [5.74, 6) is 0.743. The second kappa shape index (κ2) is 6.16. The lowest BCUT2D eigenvalue weighted by molar-refractivity contribution is 0.575. The van der Waals surface area contributed by atoms with Gasteiger partial charge in [-0.2, -0.15) is 5.10 Å². The number of halogens is 1. The second-order valence-electron chi connectivity index (χ2n) is 4.21. The molecule has 0 amide bonds. The first-order chi connectivity index (χ1) is 9.31. The lowest BCUT2D eigenvalue weighted by Crippen LogP contribution is -2.11. The van der Waals surface area contributed by atoms with Crippen molar-refractivity contribution in [1.29, 1.82) is 0 Å². The van der Waals surface area contributed by atoms with Crippen LogP contribution in [0.2, 0.25) is 0 Å². The van der Waals surface area contributed by atoms with E-state index in [9.17, 15) is 0 Å². The monoisotopic (exact) mass is 291 g/mol. The molecule has 7 nitrogen and oxygen atoms in total. The lowest BCUT2D eigenvalue weighted by atomic mass is 10.2. The minimum atomic E-state index is 0. The molecule has 0 radical (unpaired) electrons. The van der Waals surface area contributed by atoms with E-state index in [0.717, 1.165) is 11.4 Å². The van der Waals surface area contributed by atoms with Crippen LogP contribution >= 0.6 is 12.4 Å². The summed E-state index contributed by atoms with van der Waals surface area (Å²) in [4.78, 5) is 0. The predicted molar refractivity (Wildman–Crippen MR) is 76.4 cm³/mol. The Balaban J connectivity index is 0.00000147. The number of nitrogens with two attached hydrogens (primary N) is 1. The highest BCUT2D eigenvalue weighted by Gasteiger charge is 2.08. The number of rotatable bonds is 4. The average molecular weight is 292 g/mol. The van der Waals surface area contributed by atoms with Crippen LogP contribution in [0.25, 0.3) is 0 Å². The summed E-state index contributed by atoms with van der Waals surface area (Å²) in [5, 5.41) is 15.8. The molecule has 0 atom stereocenters. The van der Waals surface area contributed by atoms with Crippen LogP contribution in [0.4, 0.5) is 5.69 Å². The van der Waals surface area contributed by atoms with Gasteiger partial charge in [0, 0.05) is 6.20 Å². The molecular formula is C12H14ClN7. The van der Waals surface area contributed by atoms with E-state index in [1.807, 2.05) is 30.3 Å². The van der Waals surface area contributed by atoms with Gasteiger partial charge < -0.3 is 5.73 Å².